The quantitative estimate of drug-likeness (QED) is 0.732. The number of aryl methyl sites for hydroxylation is 2. The van der Waals surface area contributed by atoms with Gasteiger partial charge in [-0.3, -0.25) is 0 Å². The van der Waals surface area contributed by atoms with Crippen LogP contribution in [0.15, 0.2) is 15.4 Å². The zero-order chi connectivity index (χ0) is 12.7. The molecule has 2 N–H and O–H groups in total. The molecule has 0 aliphatic rings. The van der Waals surface area contributed by atoms with Gasteiger partial charge in [0.25, 0.3) is 0 Å². The topological polar surface area (TPSA) is 77.6 Å². The molecule has 0 saturated carbocycles. The number of fused-ring (bicyclic) bond motifs is 1. The van der Waals surface area contributed by atoms with Gasteiger partial charge in [-0.05, 0) is 31.7 Å². The summed E-state index contributed by atoms with van der Waals surface area (Å²) in [6.45, 7) is 3.98. The highest BCUT2D eigenvalue weighted by molar-refractivity contribution is 8.01. The molecule has 3 aromatic heterocycles. The average molecular weight is 295 g/mol. The lowest BCUT2D eigenvalue weighted by atomic mass is 10.4. The van der Waals surface area contributed by atoms with Crippen molar-refractivity contribution in [3.63, 3.8) is 0 Å². The van der Waals surface area contributed by atoms with E-state index in [1.807, 2.05) is 13.8 Å². The number of hydrogen-bond acceptors (Lipinski definition) is 8. The fourth-order valence-electron chi connectivity index (χ4n) is 1.51. The molecular formula is C10H9N5S3. The second-order valence-electron chi connectivity index (χ2n) is 3.65. The number of hydrogen-bond donors (Lipinski definition) is 1. The Bertz CT molecular complexity index is 717. The van der Waals surface area contributed by atoms with E-state index >= 15 is 0 Å². The van der Waals surface area contributed by atoms with Crippen molar-refractivity contribution in [2.24, 2.45) is 0 Å². The van der Waals surface area contributed by atoms with Crippen molar-refractivity contribution in [2.75, 3.05) is 5.73 Å². The standard InChI is InChI=1S/C10H9N5S3/c1-4-3-6-7(16-4)12-9(11)13-8(6)18-10-15-14-5(2)17-10/h3H,1-2H3,(H2,11,12,13). The van der Waals surface area contributed by atoms with E-state index in [-0.39, 0.29) is 0 Å². The summed E-state index contributed by atoms with van der Waals surface area (Å²) >= 11 is 4.65. The van der Waals surface area contributed by atoms with Gasteiger partial charge >= 0.3 is 0 Å². The van der Waals surface area contributed by atoms with Crippen LogP contribution in [0.3, 0.4) is 0 Å². The lowest BCUT2D eigenvalue weighted by molar-refractivity contribution is 0.981. The summed E-state index contributed by atoms with van der Waals surface area (Å²) in [7, 11) is 0. The van der Waals surface area contributed by atoms with E-state index in [4.69, 9.17) is 5.73 Å². The molecule has 3 aromatic rings. The molecule has 3 rings (SSSR count). The largest absolute Gasteiger partial charge is 0.368 e. The summed E-state index contributed by atoms with van der Waals surface area (Å²) in [5.41, 5.74) is 5.73. The van der Waals surface area contributed by atoms with Crippen LogP contribution in [-0.2, 0) is 0 Å². The summed E-state index contributed by atoms with van der Waals surface area (Å²) in [6, 6.07) is 2.08. The van der Waals surface area contributed by atoms with Crippen molar-refractivity contribution >= 4 is 50.6 Å². The van der Waals surface area contributed by atoms with Gasteiger partial charge in [-0.25, -0.2) is 9.97 Å². The minimum atomic E-state index is 0.299. The van der Waals surface area contributed by atoms with Crippen molar-refractivity contribution in [1.82, 2.24) is 20.2 Å². The fraction of sp³-hybridized carbons (Fsp3) is 0.200. The SMILES string of the molecule is Cc1cc2c(Sc3nnc(C)s3)nc(N)nc2s1. The predicted molar refractivity (Wildman–Crippen MR) is 75.3 cm³/mol. The van der Waals surface area contributed by atoms with Crippen LogP contribution in [0.25, 0.3) is 10.2 Å². The molecule has 0 fully saturated rings. The van der Waals surface area contributed by atoms with Crippen molar-refractivity contribution in [2.45, 2.75) is 23.2 Å². The van der Waals surface area contributed by atoms with Crippen molar-refractivity contribution in [3.05, 3.63) is 16.0 Å². The van der Waals surface area contributed by atoms with Crippen LogP contribution >= 0.6 is 34.4 Å². The highest BCUT2D eigenvalue weighted by Gasteiger charge is 2.12. The third-order valence-electron chi connectivity index (χ3n) is 2.19. The zero-order valence-corrected chi connectivity index (χ0v) is 12.1. The molecule has 0 radical (unpaired) electrons. The van der Waals surface area contributed by atoms with Gasteiger partial charge in [0.05, 0.1) is 0 Å². The first-order valence-electron chi connectivity index (χ1n) is 5.13. The summed E-state index contributed by atoms with van der Waals surface area (Å²) in [6.07, 6.45) is 0. The Balaban J connectivity index is 2.10. The molecule has 18 heavy (non-hydrogen) atoms. The van der Waals surface area contributed by atoms with Gasteiger partial charge in [0, 0.05) is 10.3 Å². The third kappa shape index (κ3) is 2.18. The van der Waals surface area contributed by atoms with E-state index in [0.29, 0.717) is 5.95 Å². The summed E-state index contributed by atoms with van der Waals surface area (Å²) in [5.74, 6) is 0.299. The molecule has 0 unspecified atom stereocenters. The molecule has 0 aliphatic heterocycles. The minimum Gasteiger partial charge on any atom is -0.368 e. The Morgan fingerprint density at radius 1 is 1.17 bits per heavy atom. The van der Waals surface area contributed by atoms with Gasteiger partial charge in [-0.2, -0.15) is 0 Å². The molecule has 3 heterocycles. The minimum absolute atomic E-state index is 0.299. The molecule has 0 saturated heterocycles. The number of nitrogen functional groups attached to an aromatic ring is 1. The second kappa shape index (κ2) is 4.45. The van der Waals surface area contributed by atoms with E-state index in [9.17, 15) is 0 Å². The molecule has 0 bridgehead atoms. The maximum atomic E-state index is 5.73. The molecule has 0 amide bonds. The summed E-state index contributed by atoms with van der Waals surface area (Å²) < 4.78 is 0.871. The molecule has 8 heteroatoms. The number of aromatic nitrogens is 4. The molecular weight excluding hydrogens is 286 g/mol. The molecule has 0 spiro atoms. The number of anilines is 1. The molecule has 92 valence electrons. The Kier molecular flexibility index (Phi) is 2.92. The van der Waals surface area contributed by atoms with Crippen LogP contribution in [0.4, 0.5) is 5.95 Å². The lowest BCUT2D eigenvalue weighted by Crippen LogP contribution is -1.95. The first-order valence-corrected chi connectivity index (χ1v) is 7.58. The van der Waals surface area contributed by atoms with E-state index < -0.39 is 0 Å². The van der Waals surface area contributed by atoms with Crippen LogP contribution in [0.2, 0.25) is 0 Å². The zero-order valence-electron chi connectivity index (χ0n) is 9.67. The predicted octanol–water partition coefficient (Wildman–Crippen LogP) is 2.89. The summed E-state index contributed by atoms with van der Waals surface area (Å²) in [5, 5.41) is 10.9. The first kappa shape index (κ1) is 11.8. The van der Waals surface area contributed by atoms with Crippen LogP contribution in [0, 0.1) is 13.8 Å². The normalized spacial score (nSPS) is 11.2. The van der Waals surface area contributed by atoms with Crippen molar-refractivity contribution < 1.29 is 0 Å². The maximum Gasteiger partial charge on any atom is 0.222 e. The third-order valence-corrected chi connectivity index (χ3v) is 5.03. The van der Waals surface area contributed by atoms with Crippen molar-refractivity contribution in [3.8, 4) is 0 Å². The lowest BCUT2D eigenvalue weighted by Gasteiger charge is -1.99. The number of thiophene rings is 1. The highest BCUT2D eigenvalue weighted by Crippen LogP contribution is 2.36. The van der Waals surface area contributed by atoms with Gasteiger partial charge in [0.15, 0.2) is 4.34 Å². The Hall–Kier alpha value is -1.25. The second-order valence-corrected chi connectivity index (χ2v) is 7.30. The number of nitrogens with two attached hydrogens (primary N) is 1. The van der Waals surface area contributed by atoms with Gasteiger partial charge in [-0.15, -0.1) is 21.5 Å². The van der Waals surface area contributed by atoms with Crippen LogP contribution in [0.1, 0.15) is 9.88 Å². The Morgan fingerprint density at radius 2 is 2.00 bits per heavy atom. The van der Waals surface area contributed by atoms with Gasteiger partial charge in [0.2, 0.25) is 5.95 Å². The Labute approximate surface area is 115 Å². The van der Waals surface area contributed by atoms with E-state index in [1.165, 1.54) is 16.6 Å². The van der Waals surface area contributed by atoms with Crippen LogP contribution in [0.5, 0.6) is 0 Å². The molecule has 0 aliphatic carbocycles. The number of nitrogens with zero attached hydrogens (tertiary/aromatic N) is 4. The monoisotopic (exact) mass is 295 g/mol. The number of rotatable bonds is 2. The fourth-order valence-corrected chi connectivity index (χ4v) is 4.30. The average Bonchev–Trinajstić information content (AvgIpc) is 2.84. The van der Waals surface area contributed by atoms with E-state index in [1.54, 1.807) is 22.7 Å². The Morgan fingerprint density at radius 3 is 2.72 bits per heavy atom. The smallest absolute Gasteiger partial charge is 0.222 e. The first-order chi connectivity index (χ1) is 8.61. The molecule has 0 atom stereocenters. The van der Waals surface area contributed by atoms with E-state index in [0.717, 1.165) is 24.6 Å². The molecule has 0 aromatic carbocycles. The van der Waals surface area contributed by atoms with Gasteiger partial charge in [0.1, 0.15) is 14.9 Å². The van der Waals surface area contributed by atoms with Gasteiger partial charge < -0.3 is 5.73 Å². The van der Waals surface area contributed by atoms with Gasteiger partial charge in [-0.1, -0.05) is 11.3 Å². The van der Waals surface area contributed by atoms with Crippen LogP contribution in [-0.4, -0.2) is 20.2 Å². The highest BCUT2D eigenvalue weighted by atomic mass is 32.2. The van der Waals surface area contributed by atoms with Crippen molar-refractivity contribution in [1.29, 1.82) is 0 Å². The summed E-state index contributed by atoms with van der Waals surface area (Å²) in [4.78, 5) is 10.7. The van der Waals surface area contributed by atoms with Crippen LogP contribution < -0.4 is 5.73 Å². The van der Waals surface area contributed by atoms with E-state index in [2.05, 4.69) is 26.2 Å². The maximum absolute atomic E-state index is 5.73. The molecule has 5 nitrogen and oxygen atoms in total.